The summed E-state index contributed by atoms with van der Waals surface area (Å²) in [6.07, 6.45) is 17.2. The van der Waals surface area contributed by atoms with Crippen molar-refractivity contribution >= 4 is 6.09 Å². The van der Waals surface area contributed by atoms with Crippen LogP contribution in [-0.2, 0) is 4.74 Å². The first-order valence-corrected chi connectivity index (χ1v) is 10.8. The third kappa shape index (κ3) is 5.12. The molecule has 1 saturated carbocycles. The number of rotatable bonds is 11. The van der Waals surface area contributed by atoms with Crippen LogP contribution in [0.3, 0.4) is 0 Å². The number of hydrogen-bond acceptors (Lipinski definition) is 3. The molecule has 2 fully saturated rings. The summed E-state index contributed by atoms with van der Waals surface area (Å²) in [7, 11) is 0. The van der Waals surface area contributed by atoms with Gasteiger partial charge in [-0.3, -0.25) is 4.90 Å². The summed E-state index contributed by atoms with van der Waals surface area (Å²) in [5, 5.41) is 11.0. The molecule has 0 aromatic carbocycles. The number of ether oxygens (including phenoxy) is 1. The van der Waals surface area contributed by atoms with Crippen LogP contribution in [0.2, 0.25) is 0 Å². The van der Waals surface area contributed by atoms with Gasteiger partial charge in [0.05, 0.1) is 0 Å². The molecular weight excluding hydrogens is 314 g/mol. The first-order valence-electron chi connectivity index (χ1n) is 10.8. The Hall–Kier alpha value is -0.770. The van der Waals surface area contributed by atoms with Crippen molar-refractivity contribution < 1.29 is 14.6 Å². The van der Waals surface area contributed by atoms with Gasteiger partial charge in [-0.25, -0.2) is 4.79 Å². The van der Waals surface area contributed by atoms with E-state index >= 15 is 0 Å². The minimum absolute atomic E-state index is 0.317. The van der Waals surface area contributed by atoms with E-state index in [1.165, 1.54) is 57.8 Å². The Bertz CT molecular complexity index is 402. The lowest BCUT2D eigenvalue weighted by Gasteiger charge is -2.42. The van der Waals surface area contributed by atoms with E-state index in [9.17, 15) is 9.90 Å². The van der Waals surface area contributed by atoms with E-state index in [0.717, 1.165) is 38.5 Å². The van der Waals surface area contributed by atoms with Crippen LogP contribution in [0.5, 0.6) is 0 Å². The minimum Gasteiger partial charge on any atom is -0.438 e. The van der Waals surface area contributed by atoms with E-state index in [-0.39, 0.29) is 6.09 Å². The summed E-state index contributed by atoms with van der Waals surface area (Å²) in [4.78, 5) is 13.9. The number of carbonyl (C=O) groups is 1. The van der Waals surface area contributed by atoms with Crippen molar-refractivity contribution in [2.75, 3.05) is 6.54 Å². The number of nitrogens with zero attached hydrogens (tertiary/aromatic N) is 1. The van der Waals surface area contributed by atoms with E-state index in [2.05, 4.69) is 6.92 Å². The van der Waals surface area contributed by atoms with Gasteiger partial charge >= 0.3 is 6.09 Å². The van der Waals surface area contributed by atoms with Crippen molar-refractivity contribution in [3.05, 3.63) is 0 Å². The second kappa shape index (κ2) is 9.80. The van der Waals surface area contributed by atoms with Crippen molar-refractivity contribution in [2.24, 2.45) is 0 Å². The number of hydrogen-bond donors (Lipinski definition) is 1. The fraction of sp³-hybridized carbons (Fsp3) is 0.952. The van der Waals surface area contributed by atoms with Crippen molar-refractivity contribution in [1.29, 1.82) is 0 Å². The van der Waals surface area contributed by atoms with Crippen molar-refractivity contribution in [3.8, 4) is 0 Å². The van der Waals surface area contributed by atoms with E-state index < -0.39 is 11.3 Å². The highest BCUT2D eigenvalue weighted by Gasteiger charge is 2.61. The van der Waals surface area contributed by atoms with E-state index in [4.69, 9.17) is 4.74 Å². The first-order chi connectivity index (χ1) is 12.0. The molecule has 0 radical (unpaired) electrons. The van der Waals surface area contributed by atoms with Gasteiger partial charge in [-0.15, -0.1) is 0 Å². The molecule has 1 N–H and O–H groups in total. The van der Waals surface area contributed by atoms with Crippen molar-refractivity contribution in [3.63, 3.8) is 0 Å². The Labute approximate surface area is 154 Å². The molecule has 2 aliphatic rings. The van der Waals surface area contributed by atoms with E-state index in [1.807, 2.05) is 0 Å². The van der Waals surface area contributed by atoms with Crippen LogP contribution >= 0.6 is 0 Å². The van der Waals surface area contributed by atoms with E-state index in [1.54, 1.807) is 11.8 Å². The highest BCUT2D eigenvalue weighted by molar-refractivity contribution is 5.72. The summed E-state index contributed by atoms with van der Waals surface area (Å²) in [6.45, 7) is 4.65. The monoisotopic (exact) mass is 353 g/mol. The fourth-order valence-electron chi connectivity index (χ4n) is 4.51. The van der Waals surface area contributed by atoms with Gasteiger partial charge in [0, 0.05) is 6.54 Å². The fourth-order valence-corrected chi connectivity index (χ4v) is 4.51. The minimum atomic E-state index is -1.15. The molecule has 1 aliphatic carbocycles. The van der Waals surface area contributed by atoms with Crippen LogP contribution < -0.4 is 0 Å². The molecule has 1 amide bonds. The zero-order valence-corrected chi connectivity index (χ0v) is 16.5. The Morgan fingerprint density at radius 2 is 1.44 bits per heavy atom. The quantitative estimate of drug-likeness (QED) is 0.480. The zero-order valence-electron chi connectivity index (χ0n) is 16.5. The third-order valence-corrected chi connectivity index (χ3v) is 6.29. The standard InChI is InChI=1S/C21H39NO3/c1-3-4-5-6-7-8-9-10-11-15-18-22-19(23)25-21(20(22,2)24)16-13-12-14-17-21/h24H,3-18H2,1-2H3. The molecule has 1 unspecified atom stereocenters. The van der Waals surface area contributed by atoms with Crippen LogP contribution in [0.25, 0.3) is 0 Å². The van der Waals surface area contributed by atoms with Gasteiger partial charge in [0.2, 0.25) is 0 Å². The van der Waals surface area contributed by atoms with Gasteiger partial charge in [0.15, 0.2) is 11.3 Å². The third-order valence-electron chi connectivity index (χ3n) is 6.29. The maximum Gasteiger partial charge on any atom is 0.412 e. The number of unbranched alkanes of at least 4 members (excludes halogenated alkanes) is 9. The maximum absolute atomic E-state index is 12.3. The highest BCUT2D eigenvalue weighted by atomic mass is 16.6. The normalized spacial score (nSPS) is 25.6. The molecule has 25 heavy (non-hydrogen) atoms. The smallest absolute Gasteiger partial charge is 0.412 e. The molecule has 146 valence electrons. The topological polar surface area (TPSA) is 49.8 Å². The Balaban J connectivity index is 1.63. The molecule has 0 aromatic heterocycles. The summed E-state index contributed by atoms with van der Waals surface area (Å²) in [5.74, 6) is 0. The lowest BCUT2D eigenvalue weighted by molar-refractivity contribution is -0.158. The van der Waals surface area contributed by atoms with Gasteiger partial charge in [0.25, 0.3) is 0 Å². The van der Waals surface area contributed by atoms with Gasteiger partial charge in [0.1, 0.15) is 0 Å². The Morgan fingerprint density at radius 3 is 2.00 bits per heavy atom. The summed E-state index contributed by atoms with van der Waals surface area (Å²) < 4.78 is 5.70. The molecule has 4 heteroatoms. The molecule has 1 aliphatic heterocycles. The van der Waals surface area contributed by atoms with Gasteiger partial charge in [-0.2, -0.15) is 0 Å². The van der Waals surface area contributed by atoms with Crippen molar-refractivity contribution in [1.82, 2.24) is 4.90 Å². The van der Waals surface area contributed by atoms with Gasteiger partial charge < -0.3 is 9.84 Å². The molecule has 1 heterocycles. The van der Waals surface area contributed by atoms with E-state index in [0.29, 0.717) is 6.54 Å². The Morgan fingerprint density at radius 1 is 0.920 bits per heavy atom. The highest BCUT2D eigenvalue weighted by Crippen LogP contribution is 2.46. The Kier molecular flexibility index (Phi) is 8.05. The maximum atomic E-state index is 12.3. The molecule has 2 rings (SSSR count). The average Bonchev–Trinajstić information content (AvgIpc) is 2.76. The van der Waals surface area contributed by atoms with Crippen LogP contribution in [0.4, 0.5) is 4.79 Å². The molecule has 1 atom stereocenters. The summed E-state index contributed by atoms with van der Waals surface area (Å²) >= 11 is 0. The van der Waals surface area contributed by atoms with Crippen LogP contribution in [0, 0.1) is 0 Å². The van der Waals surface area contributed by atoms with Gasteiger partial charge in [-0.05, 0) is 39.0 Å². The molecule has 1 saturated heterocycles. The first kappa shape index (κ1) is 20.5. The largest absolute Gasteiger partial charge is 0.438 e. The average molecular weight is 354 g/mol. The number of aliphatic hydroxyl groups is 1. The SMILES string of the molecule is CCCCCCCCCCCCN1C(=O)OC2(CCCCC2)C1(C)O. The summed E-state index contributed by atoms with van der Waals surface area (Å²) in [6, 6.07) is 0. The molecular formula is C21H39NO3. The van der Waals surface area contributed by atoms with Gasteiger partial charge in [-0.1, -0.05) is 71.1 Å². The molecule has 0 aromatic rings. The zero-order chi connectivity index (χ0) is 18.2. The lowest BCUT2D eigenvalue weighted by atomic mass is 9.77. The molecule has 4 nitrogen and oxygen atoms in total. The van der Waals surface area contributed by atoms with Crippen LogP contribution in [-0.4, -0.2) is 34.0 Å². The molecule has 0 bridgehead atoms. The lowest BCUT2D eigenvalue weighted by Crippen LogP contribution is -2.57. The number of carbonyl (C=O) groups excluding carboxylic acids is 1. The van der Waals surface area contributed by atoms with Crippen LogP contribution in [0.1, 0.15) is 110 Å². The number of amides is 1. The predicted octanol–water partition coefficient (Wildman–Crippen LogP) is 5.77. The second-order valence-electron chi connectivity index (χ2n) is 8.28. The molecule has 1 spiro atoms. The second-order valence-corrected chi connectivity index (χ2v) is 8.28. The van der Waals surface area contributed by atoms with Crippen molar-refractivity contribution in [2.45, 2.75) is 121 Å². The van der Waals surface area contributed by atoms with Crippen LogP contribution in [0.15, 0.2) is 0 Å². The summed E-state index contributed by atoms with van der Waals surface area (Å²) in [5.41, 5.74) is -1.81. The predicted molar refractivity (Wildman–Crippen MR) is 101 cm³/mol.